The first-order chi connectivity index (χ1) is 14.8. The zero-order chi connectivity index (χ0) is 22.9. The number of hydrogen-bond donors (Lipinski definition) is 2. The van der Waals surface area contributed by atoms with Gasteiger partial charge in [0.15, 0.2) is 5.54 Å². The van der Waals surface area contributed by atoms with Crippen LogP contribution in [-0.2, 0) is 15.1 Å². The zero-order valence-electron chi connectivity index (χ0n) is 18.0. The minimum atomic E-state index is -1.55. The summed E-state index contributed by atoms with van der Waals surface area (Å²) in [7, 11) is 0. The number of carbonyl (C=O) groups excluding carboxylic acids is 2. The topological polar surface area (TPSA) is 83.5 Å². The van der Waals surface area contributed by atoms with Crippen molar-refractivity contribution in [1.82, 2.24) is 4.72 Å². The van der Waals surface area contributed by atoms with Gasteiger partial charge in [-0.2, -0.15) is 0 Å². The molecule has 0 heterocycles. The van der Waals surface area contributed by atoms with E-state index < -0.39 is 17.4 Å². The summed E-state index contributed by atoms with van der Waals surface area (Å²) in [5.74, 6) is -1.06. The Morgan fingerprint density at radius 1 is 0.968 bits per heavy atom. The van der Waals surface area contributed by atoms with Crippen LogP contribution >= 0.6 is 23.7 Å². The van der Waals surface area contributed by atoms with Gasteiger partial charge in [-0.25, -0.2) is 9.52 Å². The van der Waals surface area contributed by atoms with Gasteiger partial charge in [-0.3, -0.25) is 9.59 Å². The first-order valence-corrected chi connectivity index (χ1v) is 12.2. The molecule has 2 rings (SSSR count). The Bertz CT molecular complexity index is 874. The van der Waals surface area contributed by atoms with Crippen LogP contribution in [0.1, 0.15) is 43.1 Å². The van der Waals surface area contributed by atoms with Crippen LogP contribution in [-0.4, -0.2) is 33.5 Å². The molecular weight excluding hydrogens is 430 g/mol. The Morgan fingerprint density at radius 2 is 1.55 bits per heavy atom. The van der Waals surface area contributed by atoms with Crippen LogP contribution < -0.4 is 4.72 Å². The van der Waals surface area contributed by atoms with E-state index in [4.69, 9.17) is 0 Å². The largest absolute Gasteiger partial charge is 0.480 e. The molecule has 0 aliphatic heterocycles. The lowest BCUT2D eigenvalue weighted by Crippen LogP contribution is -2.56. The third-order valence-electron chi connectivity index (χ3n) is 5.06. The number of carboxylic acid groups (broad SMARTS) is 1. The number of carboxylic acids is 1. The van der Waals surface area contributed by atoms with E-state index >= 15 is 0 Å². The lowest BCUT2D eigenvalue weighted by atomic mass is 9.70. The van der Waals surface area contributed by atoms with Crippen molar-refractivity contribution in [2.45, 2.75) is 32.7 Å². The number of nitrogens with one attached hydrogen (secondary N) is 1. The smallest absolute Gasteiger partial charge is 0.330 e. The molecule has 2 aromatic rings. The molecule has 0 spiro atoms. The van der Waals surface area contributed by atoms with Crippen LogP contribution in [0.25, 0.3) is 0 Å². The van der Waals surface area contributed by atoms with Crippen molar-refractivity contribution >= 4 is 40.6 Å². The number of thioether (sulfide) groups is 1. The predicted molar refractivity (Wildman–Crippen MR) is 128 cm³/mol. The number of Topliss-reactive ketones (excluding diaryl/α,β-unsaturated/α-hetero) is 1. The molecule has 0 saturated heterocycles. The summed E-state index contributed by atoms with van der Waals surface area (Å²) >= 11 is 2.43. The summed E-state index contributed by atoms with van der Waals surface area (Å²) in [5.41, 5.74) is -0.368. The first-order valence-electron chi connectivity index (χ1n) is 10.3. The zero-order valence-corrected chi connectivity index (χ0v) is 19.7. The Hall–Kier alpha value is -2.09. The molecule has 2 aromatic carbocycles. The summed E-state index contributed by atoms with van der Waals surface area (Å²) in [5, 5.41) is 10.3. The SMILES string of the molecule is CCC(=O)[C@@H](C(C)C)[C@](NSCCSC(=O)c1ccccc1)(C(=O)O)c1ccccc1. The molecule has 2 N–H and O–H groups in total. The molecule has 0 unspecified atom stereocenters. The van der Waals surface area contributed by atoms with E-state index in [2.05, 4.69) is 4.72 Å². The predicted octanol–water partition coefficient (Wildman–Crippen LogP) is 5.03. The number of aliphatic carboxylic acids is 1. The van der Waals surface area contributed by atoms with Crippen molar-refractivity contribution in [3.8, 4) is 0 Å². The Morgan fingerprint density at radius 3 is 2.06 bits per heavy atom. The van der Waals surface area contributed by atoms with Gasteiger partial charge < -0.3 is 5.11 Å². The molecule has 0 fully saturated rings. The van der Waals surface area contributed by atoms with Crippen LogP contribution in [0.2, 0.25) is 0 Å². The second-order valence-electron chi connectivity index (χ2n) is 7.47. The molecule has 5 nitrogen and oxygen atoms in total. The quantitative estimate of drug-likeness (QED) is 0.340. The Kier molecular flexibility index (Phi) is 9.81. The number of ketones is 1. The molecule has 0 radical (unpaired) electrons. The van der Waals surface area contributed by atoms with E-state index in [0.29, 0.717) is 22.6 Å². The number of carbonyl (C=O) groups is 3. The van der Waals surface area contributed by atoms with E-state index in [9.17, 15) is 19.5 Å². The van der Waals surface area contributed by atoms with E-state index in [-0.39, 0.29) is 23.2 Å². The highest BCUT2D eigenvalue weighted by Crippen LogP contribution is 2.38. The molecule has 0 aliphatic rings. The molecule has 2 atom stereocenters. The molecular formula is C24H29NO4S2. The lowest BCUT2D eigenvalue weighted by Gasteiger charge is -2.39. The van der Waals surface area contributed by atoms with Gasteiger partial charge in [0.1, 0.15) is 5.78 Å². The molecule has 0 bridgehead atoms. The second kappa shape index (κ2) is 12.1. The van der Waals surface area contributed by atoms with Crippen molar-refractivity contribution in [3.63, 3.8) is 0 Å². The molecule has 0 saturated carbocycles. The van der Waals surface area contributed by atoms with E-state index in [1.165, 1.54) is 23.7 Å². The summed E-state index contributed by atoms with van der Waals surface area (Å²) in [6, 6.07) is 17.9. The van der Waals surface area contributed by atoms with Crippen molar-refractivity contribution in [2.75, 3.05) is 11.5 Å². The molecule has 31 heavy (non-hydrogen) atoms. The average Bonchev–Trinajstić information content (AvgIpc) is 2.78. The van der Waals surface area contributed by atoms with Crippen molar-refractivity contribution in [2.24, 2.45) is 11.8 Å². The lowest BCUT2D eigenvalue weighted by molar-refractivity contribution is -0.151. The molecule has 0 aliphatic carbocycles. The van der Waals surface area contributed by atoms with Gasteiger partial charge in [-0.1, -0.05) is 105 Å². The van der Waals surface area contributed by atoms with Gasteiger partial charge in [0.05, 0.1) is 5.92 Å². The summed E-state index contributed by atoms with van der Waals surface area (Å²) < 4.78 is 3.13. The number of rotatable bonds is 12. The fourth-order valence-electron chi connectivity index (χ4n) is 3.63. The summed E-state index contributed by atoms with van der Waals surface area (Å²) in [4.78, 5) is 37.8. The van der Waals surface area contributed by atoms with Gasteiger partial charge in [0.2, 0.25) is 5.12 Å². The fraction of sp³-hybridized carbons (Fsp3) is 0.375. The van der Waals surface area contributed by atoms with Crippen LogP contribution in [0.3, 0.4) is 0 Å². The van der Waals surface area contributed by atoms with Crippen molar-refractivity contribution in [3.05, 3.63) is 71.8 Å². The Labute approximate surface area is 192 Å². The maximum absolute atomic E-state index is 12.9. The minimum Gasteiger partial charge on any atom is -0.480 e. The van der Waals surface area contributed by atoms with Gasteiger partial charge in [-0.05, 0) is 11.5 Å². The highest BCUT2D eigenvalue weighted by Gasteiger charge is 2.51. The van der Waals surface area contributed by atoms with Gasteiger partial charge >= 0.3 is 5.97 Å². The number of hydrogen-bond acceptors (Lipinski definition) is 6. The Balaban J connectivity index is 2.18. The molecule has 7 heteroatoms. The summed E-state index contributed by atoms with van der Waals surface area (Å²) in [6.45, 7) is 5.51. The minimum absolute atomic E-state index is 0.0185. The summed E-state index contributed by atoms with van der Waals surface area (Å²) in [6.07, 6.45) is 0.262. The molecule has 0 aromatic heterocycles. The standard InChI is InChI=1S/C24H29NO4S2/c1-4-20(26)21(17(2)3)24(23(28)29,19-13-9-6-10-14-19)25-31-16-15-30-22(27)18-11-7-5-8-12-18/h5-14,17,21,25H,4,15-16H2,1-3H3,(H,28,29)/t21-,24+/m1/s1. The second-order valence-corrected chi connectivity index (χ2v) is 9.44. The van der Waals surface area contributed by atoms with Crippen LogP contribution in [0.5, 0.6) is 0 Å². The molecule has 166 valence electrons. The van der Waals surface area contributed by atoms with Gasteiger partial charge in [0, 0.05) is 23.5 Å². The van der Waals surface area contributed by atoms with E-state index in [1.54, 1.807) is 43.3 Å². The van der Waals surface area contributed by atoms with Crippen molar-refractivity contribution < 1.29 is 19.5 Å². The van der Waals surface area contributed by atoms with Crippen LogP contribution in [0.15, 0.2) is 60.7 Å². The highest BCUT2D eigenvalue weighted by atomic mass is 32.2. The van der Waals surface area contributed by atoms with Gasteiger partial charge in [0.25, 0.3) is 0 Å². The van der Waals surface area contributed by atoms with E-state index in [0.717, 1.165) is 0 Å². The van der Waals surface area contributed by atoms with Crippen LogP contribution in [0.4, 0.5) is 0 Å². The van der Waals surface area contributed by atoms with Gasteiger partial charge in [-0.15, -0.1) is 0 Å². The third kappa shape index (κ3) is 6.21. The fourth-order valence-corrected chi connectivity index (χ4v) is 5.45. The number of benzene rings is 2. The van der Waals surface area contributed by atoms with Crippen LogP contribution in [0, 0.1) is 11.8 Å². The average molecular weight is 460 g/mol. The maximum atomic E-state index is 12.9. The van der Waals surface area contributed by atoms with Crippen molar-refractivity contribution in [1.29, 1.82) is 0 Å². The monoisotopic (exact) mass is 459 g/mol. The van der Waals surface area contributed by atoms with E-state index in [1.807, 2.05) is 38.1 Å². The normalized spacial score (nSPS) is 14.1. The first kappa shape index (κ1) is 25.2. The highest BCUT2D eigenvalue weighted by molar-refractivity contribution is 8.14. The molecule has 0 amide bonds. The maximum Gasteiger partial charge on any atom is 0.330 e. The third-order valence-corrected chi connectivity index (χ3v) is 7.10.